The van der Waals surface area contributed by atoms with Gasteiger partial charge in [0.05, 0.1) is 23.9 Å². The van der Waals surface area contributed by atoms with E-state index in [4.69, 9.17) is 4.84 Å². The Morgan fingerprint density at radius 1 is 1.53 bits per heavy atom. The maximum atomic E-state index is 5.25. The lowest BCUT2D eigenvalue weighted by atomic mass is 10.1. The molecule has 2 rings (SSSR count). The van der Waals surface area contributed by atoms with Crippen LogP contribution in [0, 0.1) is 0 Å². The maximum absolute atomic E-state index is 5.25. The molecule has 0 spiro atoms. The number of aromatic nitrogens is 2. The number of hydrogen-bond donors (Lipinski definition) is 1. The molecule has 0 amide bonds. The van der Waals surface area contributed by atoms with Gasteiger partial charge in [0.1, 0.15) is 0 Å². The summed E-state index contributed by atoms with van der Waals surface area (Å²) in [5.41, 5.74) is 2.11. The third-order valence-corrected chi connectivity index (χ3v) is 2.53. The maximum Gasteiger partial charge on any atom is 0.158 e. The Kier molecular flexibility index (Phi) is 3.34. The SMILES string of the molecule is CN1CCC(=NOCc2cnc[nH]2)CC1. The lowest BCUT2D eigenvalue weighted by molar-refractivity contribution is 0.125. The second kappa shape index (κ2) is 4.93. The van der Waals surface area contributed by atoms with Crippen LogP contribution in [0.3, 0.4) is 0 Å². The number of nitrogens with one attached hydrogen (secondary N) is 1. The molecule has 0 aromatic carbocycles. The van der Waals surface area contributed by atoms with Gasteiger partial charge in [0.25, 0.3) is 0 Å². The van der Waals surface area contributed by atoms with Crippen LogP contribution in [-0.4, -0.2) is 40.7 Å². The zero-order chi connectivity index (χ0) is 10.5. The van der Waals surface area contributed by atoms with Crippen LogP contribution in [0.4, 0.5) is 0 Å². The van der Waals surface area contributed by atoms with Crippen LogP contribution in [0.15, 0.2) is 17.7 Å². The predicted molar refractivity (Wildman–Crippen MR) is 57.5 cm³/mol. The monoisotopic (exact) mass is 208 g/mol. The summed E-state index contributed by atoms with van der Waals surface area (Å²) in [7, 11) is 2.13. The largest absolute Gasteiger partial charge is 0.389 e. The zero-order valence-corrected chi connectivity index (χ0v) is 8.94. The summed E-state index contributed by atoms with van der Waals surface area (Å²) < 4.78 is 0. The van der Waals surface area contributed by atoms with Gasteiger partial charge in [0.15, 0.2) is 6.61 Å². The molecule has 0 aliphatic carbocycles. The van der Waals surface area contributed by atoms with Gasteiger partial charge in [0.2, 0.25) is 0 Å². The van der Waals surface area contributed by atoms with Crippen molar-refractivity contribution < 1.29 is 4.84 Å². The van der Waals surface area contributed by atoms with Crippen molar-refractivity contribution in [3.05, 3.63) is 18.2 Å². The molecule has 0 saturated carbocycles. The van der Waals surface area contributed by atoms with Crippen LogP contribution in [0.25, 0.3) is 0 Å². The summed E-state index contributed by atoms with van der Waals surface area (Å²) in [6, 6.07) is 0. The highest BCUT2D eigenvalue weighted by Gasteiger charge is 2.11. The average Bonchev–Trinajstić information content (AvgIpc) is 2.74. The van der Waals surface area contributed by atoms with Crippen molar-refractivity contribution >= 4 is 5.71 Å². The first-order valence-electron chi connectivity index (χ1n) is 5.18. The van der Waals surface area contributed by atoms with E-state index in [9.17, 15) is 0 Å². The van der Waals surface area contributed by atoms with Crippen molar-refractivity contribution in [3.63, 3.8) is 0 Å². The number of H-pyrrole nitrogens is 1. The molecule has 82 valence electrons. The fraction of sp³-hybridized carbons (Fsp3) is 0.600. The van der Waals surface area contributed by atoms with Crippen molar-refractivity contribution in [1.82, 2.24) is 14.9 Å². The van der Waals surface area contributed by atoms with E-state index < -0.39 is 0 Å². The van der Waals surface area contributed by atoms with Crippen molar-refractivity contribution in [1.29, 1.82) is 0 Å². The molecule has 0 bridgehead atoms. The van der Waals surface area contributed by atoms with Crippen molar-refractivity contribution in [2.45, 2.75) is 19.4 Å². The van der Waals surface area contributed by atoms with E-state index >= 15 is 0 Å². The highest BCUT2D eigenvalue weighted by molar-refractivity contribution is 5.84. The van der Waals surface area contributed by atoms with E-state index in [2.05, 4.69) is 27.1 Å². The summed E-state index contributed by atoms with van der Waals surface area (Å²) >= 11 is 0. The van der Waals surface area contributed by atoms with Gasteiger partial charge < -0.3 is 14.7 Å². The summed E-state index contributed by atoms with van der Waals surface area (Å²) in [6.07, 6.45) is 5.41. The Balaban J connectivity index is 1.74. The summed E-state index contributed by atoms with van der Waals surface area (Å²) in [6.45, 7) is 2.62. The summed E-state index contributed by atoms with van der Waals surface area (Å²) in [5.74, 6) is 0. The topological polar surface area (TPSA) is 53.5 Å². The van der Waals surface area contributed by atoms with Crippen LogP contribution in [0.5, 0.6) is 0 Å². The number of aromatic amines is 1. The van der Waals surface area contributed by atoms with Gasteiger partial charge >= 0.3 is 0 Å². The number of oxime groups is 1. The zero-order valence-electron chi connectivity index (χ0n) is 8.94. The molecule has 5 nitrogen and oxygen atoms in total. The lowest BCUT2D eigenvalue weighted by Gasteiger charge is -2.22. The van der Waals surface area contributed by atoms with E-state index in [-0.39, 0.29) is 0 Å². The molecule has 1 aromatic rings. The minimum absolute atomic E-state index is 0.472. The van der Waals surface area contributed by atoms with Gasteiger partial charge in [-0.2, -0.15) is 0 Å². The van der Waals surface area contributed by atoms with E-state index in [1.165, 1.54) is 0 Å². The highest BCUT2D eigenvalue weighted by Crippen LogP contribution is 2.06. The number of likely N-dealkylation sites (tertiary alicyclic amines) is 1. The highest BCUT2D eigenvalue weighted by atomic mass is 16.6. The predicted octanol–water partition coefficient (Wildman–Crippen LogP) is 1.01. The van der Waals surface area contributed by atoms with Gasteiger partial charge in [-0.3, -0.25) is 0 Å². The summed E-state index contributed by atoms with van der Waals surface area (Å²) in [5, 5.41) is 4.13. The number of imidazole rings is 1. The molecule has 1 aliphatic heterocycles. The minimum Gasteiger partial charge on any atom is -0.389 e. The molecular formula is C10H16N4O. The fourth-order valence-corrected chi connectivity index (χ4v) is 1.52. The first kappa shape index (κ1) is 10.2. The standard InChI is InChI=1S/C10H16N4O/c1-14-4-2-9(3-5-14)13-15-7-10-6-11-8-12-10/h6,8H,2-5,7H2,1H3,(H,11,12). The smallest absolute Gasteiger partial charge is 0.158 e. The Labute approximate surface area is 89.1 Å². The van der Waals surface area contributed by atoms with E-state index in [1.54, 1.807) is 12.5 Å². The molecule has 0 atom stereocenters. The number of nitrogens with zero attached hydrogens (tertiary/aromatic N) is 3. The summed E-state index contributed by atoms with van der Waals surface area (Å²) in [4.78, 5) is 14.4. The Hall–Kier alpha value is -1.36. The molecule has 1 N–H and O–H groups in total. The van der Waals surface area contributed by atoms with Gasteiger partial charge in [-0.05, 0) is 7.05 Å². The number of piperidine rings is 1. The molecule has 15 heavy (non-hydrogen) atoms. The van der Waals surface area contributed by atoms with Crippen molar-refractivity contribution in [3.8, 4) is 0 Å². The van der Waals surface area contributed by atoms with Crippen LogP contribution in [-0.2, 0) is 11.4 Å². The third kappa shape index (κ3) is 3.06. The molecule has 2 heterocycles. The van der Waals surface area contributed by atoms with Crippen molar-refractivity contribution in [2.24, 2.45) is 5.16 Å². The quantitative estimate of drug-likeness (QED) is 0.754. The normalized spacial score (nSPS) is 17.8. The molecular weight excluding hydrogens is 192 g/mol. The van der Waals surface area contributed by atoms with Crippen LogP contribution < -0.4 is 0 Å². The Morgan fingerprint density at radius 3 is 3.00 bits per heavy atom. The van der Waals surface area contributed by atoms with Gasteiger partial charge in [-0.25, -0.2) is 4.98 Å². The molecule has 1 aromatic heterocycles. The van der Waals surface area contributed by atoms with Crippen LogP contribution in [0.2, 0.25) is 0 Å². The first-order valence-corrected chi connectivity index (χ1v) is 5.18. The molecule has 5 heteroatoms. The molecule has 1 aliphatic rings. The molecule has 0 radical (unpaired) electrons. The Morgan fingerprint density at radius 2 is 2.33 bits per heavy atom. The van der Waals surface area contributed by atoms with E-state index in [0.717, 1.165) is 37.3 Å². The second-order valence-corrected chi connectivity index (χ2v) is 3.81. The van der Waals surface area contributed by atoms with E-state index in [0.29, 0.717) is 6.61 Å². The minimum atomic E-state index is 0.472. The van der Waals surface area contributed by atoms with Crippen LogP contribution in [0.1, 0.15) is 18.5 Å². The number of rotatable bonds is 3. The van der Waals surface area contributed by atoms with Crippen LogP contribution >= 0.6 is 0 Å². The average molecular weight is 208 g/mol. The third-order valence-electron chi connectivity index (χ3n) is 2.53. The second-order valence-electron chi connectivity index (χ2n) is 3.81. The number of hydrogen-bond acceptors (Lipinski definition) is 4. The van der Waals surface area contributed by atoms with Crippen molar-refractivity contribution in [2.75, 3.05) is 20.1 Å². The molecule has 1 saturated heterocycles. The lowest BCUT2D eigenvalue weighted by Crippen LogP contribution is -2.30. The van der Waals surface area contributed by atoms with Gasteiger partial charge in [0, 0.05) is 25.9 Å². The fourth-order valence-electron chi connectivity index (χ4n) is 1.52. The molecule has 1 fully saturated rings. The molecule has 0 unspecified atom stereocenters. The van der Waals surface area contributed by atoms with Gasteiger partial charge in [-0.15, -0.1) is 0 Å². The first-order chi connectivity index (χ1) is 7.34. The Bertz CT molecular complexity index is 310. The van der Waals surface area contributed by atoms with E-state index in [1.807, 2.05) is 0 Å². The van der Waals surface area contributed by atoms with Gasteiger partial charge in [-0.1, -0.05) is 5.16 Å².